The van der Waals surface area contributed by atoms with E-state index in [1.807, 2.05) is 0 Å². The van der Waals surface area contributed by atoms with E-state index in [0.29, 0.717) is 11.8 Å². The van der Waals surface area contributed by atoms with Crippen LogP contribution in [0.4, 0.5) is 0 Å². The molecule has 2 aromatic heterocycles. The lowest BCUT2D eigenvalue weighted by molar-refractivity contribution is 0.260. The molecule has 2 aromatic rings. The summed E-state index contributed by atoms with van der Waals surface area (Å²) in [7, 11) is 1.50. The standard InChI is InChI=1S/C6H6N4O2/c1-11-6-4-5(9-12-6)10-7-2-3-8-10/h2-4H,1H3. The molecule has 0 aliphatic heterocycles. The first-order valence-corrected chi connectivity index (χ1v) is 3.27. The van der Waals surface area contributed by atoms with Crippen molar-refractivity contribution in [3.8, 4) is 11.8 Å². The minimum atomic E-state index is 0.335. The molecule has 0 aromatic carbocycles. The molecule has 12 heavy (non-hydrogen) atoms. The Morgan fingerprint density at radius 3 is 2.75 bits per heavy atom. The molecule has 0 saturated heterocycles. The summed E-state index contributed by atoms with van der Waals surface area (Å²) in [6, 6.07) is 1.60. The topological polar surface area (TPSA) is 66.0 Å². The van der Waals surface area contributed by atoms with Crippen LogP contribution in [-0.2, 0) is 0 Å². The van der Waals surface area contributed by atoms with Gasteiger partial charge in [0.15, 0.2) is 0 Å². The van der Waals surface area contributed by atoms with Gasteiger partial charge in [0, 0.05) is 0 Å². The fourth-order valence-corrected chi connectivity index (χ4v) is 0.774. The average Bonchev–Trinajstić information content (AvgIpc) is 2.75. The molecule has 6 nitrogen and oxygen atoms in total. The number of ether oxygens (including phenoxy) is 1. The molecule has 0 atom stereocenters. The fraction of sp³-hybridized carbons (Fsp3) is 0.167. The monoisotopic (exact) mass is 166 g/mol. The molecular formula is C6H6N4O2. The molecule has 0 unspecified atom stereocenters. The van der Waals surface area contributed by atoms with Crippen molar-refractivity contribution in [1.82, 2.24) is 20.2 Å². The normalized spacial score (nSPS) is 10.1. The highest BCUT2D eigenvalue weighted by atomic mass is 16.6. The first-order valence-electron chi connectivity index (χ1n) is 3.27. The van der Waals surface area contributed by atoms with E-state index >= 15 is 0 Å². The Morgan fingerprint density at radius 1 is 1.42 bits per heavy atom. The van der Waals surface area contributed by atoms with Gasteiger partial charge in [-0.2, -0.15) is 10.2 Å². The maximum Gasteiger partial charge on any atom is 0.313 e. The van der Waals surface area contributed by atoms with Gasteiger partial charge in [0.05, 0.1) is 25.6 Å². The van der Waals surface area contributed by atoms with Crippen LogP contribution in [0, 0.1) is 0 Å². The second-order valence-corrected chi connectivity index (χ2v) is 2.03. The van der Waals surface area contributed by atoms with Gasteiger partial charge in [-0.3, -0.25) is 0 Å². The number of rotatable bonds is 2. The Hall–Kier alpha value is -1.85. The van der Waals surface area contributed by atoms with Crippen molar-refractivity contribution in [2.24, 2.45) is 0 Å². The fourth-order valence-electron chi connectivity index (χ4n) is 0.774. The Morgan fingerprint density at radius 2 is 2.17 bits per heavy atom. The zero-order valence-corrected chi connectivity index (χ0v) is 6.34. The molecule has 0 saturated carbocycles. The Labute approximate surface area is 67.7 Å². The molecule has 0 amide bonds. The van der Waals surface area contributed by atoms with Gasteiger partial charge in [0.25, 0.3) is 0 Å². The van der Waals surface area contributed by atoms with Crippen LogP contribution in [0.25, 0.3) is 5.82 Å². The molecule has 0 spiro atoms. The van der Waals surface area contributed by atoms with Crippen molar-refractivity contribution in [1.29, 1.82) is 0 Å². The van der Waals surface area contributed by atoms with Gasteiger partial charge in [-0.05, 0) is 0 Å². The van der Waals surface area contributed by atoms with Crippen LogP contribution in [0.2, 0.25) is 0 Å². The molecule has 0 aliphatic carbocycles. The molecule has 0 radical (unpaired) electrons. The van der Waals surface area contributed by atoms with Crippen molar-refractivity contribution in [3.05, 3.63) is 18.5 Å². The Bertz CT molecular complexity index is 353. The maximum atomic E-state index is 4.79. The quantitative estimate of drug-likeness (QED) is 0.640. The van der Waals surface area contributed by atoms with Crippen LogP contribution in [0.1, 0.15) is 0 Å². The smallest absolute Gasteiger partial charge is 0.313 e. The molecule has 0 bridgehead atoms. The average molecular weight is 166 g/mol. The maximum absolute atomic E-state index is 4.79. The van der Waals surface area contributed by atoms with E-state index in [9.17, 15) is 0 Å². The van der Waals surface area contributed by atoms with Gasteiger partial charge in [-0.25, -0.2) is 0 Å². The van der Waals surface area contributed by atoms with Crippen LogP contribution in [-0.4, -0.2) is 27.3 Å². The summed E-state index contributed by atoms with van der Waals surface area (Å²) in [6.07, 6.45) is 3.11. The van der Waals surface area contributed by atoms with E-state index < -0.39 is 0 Å². The Balaban J connectivity index is 2.35. The van der Waals surface area contributed by atoms with E-state index in [4.69, 9.17) is 9.26 Å². The number of aromatic nitrogens is 4. The minimum absolute atomic E-state index is 0.335. The summed E-state index contributed by atoms with van der Waals surface area (Å²) < 4.78 is 9.56. The van der Waals surface area contributed by atoms with Gasteiger partial charge in [0.2, 0.25) is 5.82 Å². The van der Waals surface area contributed by atoms with Crippen LogP contribution < -0.4 is 4.74 Å². The highest BCUT2D eigenvalue weighted by Gasteiger charge is 2.05. The van der Waals surface area contributed by atoms with Gasteiger partial charge in [0.1, 0.15) is 0 Å². The van der Waals surface area contributed by atoms with Gasteiger partial charge in [-0.15, -0.1) is 4.80 Å². The van der Waals surface area contributed by atoms with Gasteiger partial charge in [-0.1, -0.05) is 5.16 Å². The van der Waals surface area contributed by atoms with E-state index in [0.717, 1.165) is 0 Å². The summed E-state index contributed by atoms with van der Waals surface area (Å²) in [6.45, 7) is 0. The van der Waals surface area contributed by atoms with Crippen molar-refractivity contribution >= 4 is 0 Å². The zero-order valence-electron chi connectivity index (χ0n) is 6.34. The van der Waals surface area contributed by atoms with Crippen molar-refractivity contribution < 1.29 is 9.26 Å². The van der Waals surface area contributed by atoms with Crippen LogP contribution in [0.3, 0.4) is 0 Å². The summed E-state index contributed by atoms with van der Waals surface area (Å²) in [4.78, 5) is 1.34. The first-order chi connectivity index (χ1) is 5.90. The van der Waals surface area contributed by atoms with E-state index in [2.05, 4.69) is 15.4 Å². The predicted molar refractivity (Wildman–Crippen MR) is 38.0 cm³/mol. The first kappa shape index (κ1) is 6.84. The second-order valence-electron chi connectivity index (χ2n) is 2.03. The molecule has 2 heterocycles. The summed E-state index contributed by atoms with van der Waals surface area (Å²) in [5.74, 6) is 0.833. The summed E-state index contributed by atoms with van der Waals surface area (Å²) in [5.41, 5.74) is 0. The minimum Gasteiger partial charge on any atom is -0.467 e. The third-order valence-electron chi connectivity index (χ3n) is 1.30. The van der Waals surface area contributed by atoms with Crippen molar-refractivity contribution in [3.63, 3.8) is 0 Å². The zero-order chi connectivity index (χ0) is 8.39. The van der Waals surface area contributed by atoms with E-state index in [-0.39, 0.29) is 0 Å². The van der Waals surface area contributed by atoms with Crippen molar-refractivity contribution in [2.75, 3.05) is 7.11 Å². The van der Waals surface area contributed by atoms with Crippen LogP contribution >= 0.6 is 0 Å². The third kappa shape index (κ3) is 1.03. The molecule has 0 aliphatic rings. The molecule has 2 rings (SSSR count). The van der Waals surface area contributed by atoms with Gasteiger partial charge < -0.3 is 9.26 Å². The van der Waals surface area contributed by atoms with Gasteiger partial charge >= 0.3 is 5.95 Å². The molecule has 0 N–H and O–H groups in total. The Kier molecular flexibility index (Phi) is 1.51. The summed E-state index contributed by atoms with van der Waals surface area (Å²) >= 11 is 0. The summed E-state index contributed by atoms with van der Waals surface area (Å²) in [5, 5.41) is 11.4. The largest absolute Gasteiger partial charge is 0.467 e. The highest BCUT2D eigenvalue weighted by Crippen LogP contribution is 2.12. The predicted octanol–water partition coefficient (Wildman–Crippen LogP) is 0.264. The SMILES string of the molecule is COc1cc(-n2nccn2)no1. The second kappa shape index (κ2) is 2.65. The molecular weight excluding hydrogens is 160 g/mol. The van der Waals surface area contributed by atoms with Crippen LogP contribution in [0.5, 0.6) is 5.95 Å². The lowest BCUT2D eigenvalue weighted by Gasteiger charge is -1.87. The highest BCUT2D eigenvalue weighted by molar-refractivity contribution is 5.21. The van der Waals surface area contributed by atoms with Crippen molar-refractivity contribution in [2.45, 2.75) is 0 Å². The van der Waals surface area contributed by atoms with E-state index in [1.54, 1.807) is 18.5 Å². The van der Waals surface area contributed by atoms with Crippen LogP contribution in [0.15, 0.2) is 23.0 Å². The number of hydrogen-bond acceptors (Lipinski definition) is 5. The van der Waals surface area contributed by atoms with E-state index in [1.165, 1.54) is 11.9 Å². The molecule has 0 fully saturated rings. The molecule has 62 valence electrons. The number of methoxy groups -OCH3 is 1. The lowest BCUT2D eigenvalue weighted by Crippen LogP contribution is -1.97. The number of nitrogens with zero attached hydrogens (tertiary/aromatic N) is 4. The molecule has 6 heteroatoms. The third-order valence-corrected chi connectivity index (χ3v) is 1.30. The number of hydrogen-bond donors (Lipinski definition) is 0. The lowest BCUT2D eigenvalue weighted by atomic mass is 10.6.